The number of nitrogens with zero attached hydrogens (tertiary/aromatic N) is 1. The van der Waals surface area contributed by atoms with Gasteiger partial charge in [-0.1, -0.05) is 32.1 Å². The third kappa shape index (κ3) is 2.81. The van der Waals surface area contributed by atoms with E-state index < -0.39 is 17.6 Å². The smallest absolute Gasteiger partial charge is 0.279 e. The molecule has 0 aliphatic heterocycles. The van der Waals surface area contributed by atoms with Crippen LogP contribution >= 0.6 is 0 Å². The van der Waals surface area contributed by atoms with Gasteiger partial charge in [0.05, 0.1) is 12.0 Å². The van der Waals surface area contributed by atoms with Crippen LogP contribution in [-0.2, 0) is 4.79 Å². The van der Waals surface area contributed by atoms with Crippen molar-refractivity contribution in [3.63, 3.8) is 0 Å². The molecule has 1 N–H and O–H groups in total. The van der Waals surface area contributed by atoms with Crippen molar-refractivity contribution in [1.82, 2.24) is 0 Å². The highest BCUT2D eigenvalue weighted by atomic mass is 16.6. The van der Waals surface area contributed by atoms with Gasteiger partial charge in [0.1, 0.15) is 0 Å². The van der Waals surface area contributed by atoms with Crippen molar-refractivity contribution in [2.75, 3.05) is 0 Å². The molecular formula is C14H23NO4. The van der Waals surface area contributed by atoms with Crippen LogP contribution in [-0.4, -0.2) is 27.5 Å². The quantitative estimate of drug-likeness (QED) is 0.585. The Morgan fingerprint density at radius 3 is 2.37 bits per heavy atom. The first-order valence-electron chi connectivity index (χ1n) is 7.45. The van der Waals surface area contributed by atoms with E-state index in [1.807, 2.05) is 0 Å². The van der Waals surface area contributed by atoms with E-state index in [0.29, 0.717) is 19.3 Å². The molecule has 108 valence electrons. The topological polar surface area (TPSA) is 80.4 Å². The standard InChI is InChI=1S/C14H23NO4/c16-12-8-10-14(15(18)19)9-6-4-2-1-3-5-7-11(12)13(14)17/h11-12,16H,1-10H2/t11-,12-,14+/m0/s1. The average molecular weight is 269 g/mol. The van der Waals surface area contributed by atoms with E-state index >= 15 is 0 Å². The van der Waals surface area contributed by atoms with Crippen LogP contribution in [0.3, 0.4) is 0 Å². The van der Waals surface area contributed by atoms with E-state index in [2.05, 4.69) is 0 Å². The minimum atomic E-state index is -1.41. The van der Waals surface area contributed by atoms with Crippen LogP contribution in [0.2, 0.25) is 0 Å². The maximum absolute atomic E-state index is 12.5. The van der Waals surface area contributed by atoms with Gasteiger partial charge in [-0.25, -0.2) is 0 Å². The van der Waals surface area contributed by atoms with Crippen molar-refractivity contribution in [1.29, 1.82) is 0 Å². The molecule has 0 radical (unpaired) electrons. The van der Waals surface area contributed by atoms with Gasteiger partial charge in [-0.05, 0) is 19.3 Å². The summed E-state index contributed by atoms with van der Waals surface area (Å²) in [6, 6.07) is 0. The summed E-state index contributed by atoms with van der Waals surface area (Å²) in [4.78, 5) is 23.6. The van der Waals surface area contributed by atoms with E-state index in [1.54, 1.807) is 0 Å². The summed E-state index contributed by atoms with van der Waals surface area (Å²) in [5, 5.41) is 21.4. The lowest BCUT2D eigenvalue weighted by molar-refractivity contribution is -0.557. The van der Waals surface area contributed by atoms with Gasteiger partial charge in [-0.2, -0.15) is 0 Å². The van der Waals surface area contributed by atoms with Crippen LogP contribution in [0.25, 0.3) is 0 Å². The van der Waals surface area contributed by atoms with E-state index in [1.165, 1.54) is 0 Å². The highest BCUT2D eigenvalue weighted by molar-refractivity contribution is 5.90. The van der Waals surface area contributed by atoms with Gasteiger partial charge < -0.3 is 5.11 Å². The molecule has 2 fully saturated rings. The Kier molecular flexibility index (Phi) is 4.55. The fraction of sp³-hybridized carbons (Fsp3) is 0.929. The zero-order valence-corrected chi connectivity index (χ0v) is 11.3. The van der Waals surface area contributed by atoms with Gasteiger partial charge in [0.15, 0.2) is 0 Å². The number of Topliss-reactive ketones (excluding diaryl/α,β-unsaturated/α-hetero) is 1. The molecule has 2 saturated carbocycles. The summed E-state index contributed by atoms with van der Waals surface area (Å²) in [5.41, 5.74) is -1.41. The SMILES string of the molecule is O=C1[C@H]2CCCCCCCC[C@@]1([N+](=O)[O-])CC[C@@H]2O. The number of hydrogen-bond acceptors (Lipinski definition) is 4. The Morgan fingerprint density at radius 1 is 1.05 bits per heavy atom. The predicted octanol–water partition coefficient (Wildman–Crippen LogP) is 2.48. The number of carbonyl (C=O) groups is 1. The van der Waals surface area contributed by atoms with Gasteiger partial charge in [-0.15, -0.1) is 0 Å². The summed E-state index contributed by atoms with van der Waals surface area (Å²) in [5.74, 6) is -0.824. The van der Waals surface area contributed by atoms with Crippen molar-refractivity contribution in [2.45, 2.75) is 75.9 Å². The lowest BCUT2D eigenvalue weighted by Crippen LogP contribution is -2.55. The van der Waals surface area contributed by atoms with E-state index in [0.717, 1.165) is 38.5 Å². The van der Waals surface area contributed by atoms with Crippen molar-refractivity contribution in [2.24, 2.45) is 5.92 Å². The van der Waals surface area contributed by atoms with Crippen LogP contribution in [0.1, 0.15) is 64.2 Å². The normalized spacial score (nSPS) is 37.4. The summed E-state index contributed by atoms with van der Waals surface area (Å²) in [6.45, 7) is 0. The third-order valence-corrected chi connectivity index (χ3v) is 4.82. The first-order chi connectivity index (χ1) is 9.08. The highest BCUT2D eigenvalue weighted by Crippen LogP contribution is 2.38. The molecule has 5 heteroatoms. The van der Waals surface area contributed by atoms with Gasteiger partial charge in [0.25, 0.3) is 5.54 Å². The summed E-state index contributed by atoms with van der Waals surface area (Å²) in [7, 11) is 0. The summed E-state index contributed by atoms with van der Waals surface area (Å²) < 4.78 is 0. The molecule has 0 aromatic carbocycles. The lowest BCUT2D eigenvalue weighted by Gasteiger charge is -2.35. The maximum Gasteiger partial charge on any atom is 0.279 e. The third-order valence-electron chi connectivity index (χ3n) is 4.82. The number of ketones is 1. The zero-order valence-electron chi connectivity index (χ0n) is 11.3. The Bertz CT molecular complexity index is 357. The second-order valence-corrected chi connectivity index (χ2v) is 6.03. The first kappa shape index (κ1) is 14.4. The summed E-state index contributed by atoms with van der Waals surface area (Å²) >= 11 is 0. The number of nitro groups is 1. The van der Waals surface area contributed by atoms with Gasteiger partial charge >= 0.3 is 0 Å². The van der Waals surface area contributed by atoms with E-state index in [9.17, 15) is 20.0 Å². The molecule has 0 heterocycles. The number of aliphatic hydroxyl groups excluding tert-OH is 1. The Labute approximate surface area is 113 Å². The van der Waals surface area contributed by atoms with Crippen molar-refractivity contribution in [3.8, 4) is 0 Å². The van der Waals surface area contributed by atoms with Crippen LogP contribution in [0.5, 0.6) is 0 Å². The fourth-order valence-corrected chi connectivity index (χ4v) is 3.56. The van der Waals surface area contributed by atoms with Gasteiger partial charge in [0.2, 0.25) is 5.78 Å². The molecule has 19 heavy (non-hydrogen) atoms. The van der Waals surface area contributed by atoms with Crippen molar-refractivity contribution < 1.29 is 14.8 Å². The molecule has 2 bridgehead atoms. The maximum atomic E-state index is 12.5. The Morgan fingerprint density at radius 2 is 1.68 bits per heavy atom. The highest BCUT2D eigenvalue weighted by Gasteiger charge is 2.56. The van der Waals surface area contributed by atoms with Crippen LogP contribution in [0.4, 0.5) is 0 Å². The van der Waals surface area contributed by atoms with Gasteiger partial charge in [-0.3, -0.25) is 14.9 Å². The number of fused-ring (bicyclic) bond motifs is 2. The average Bonchev–Trinajstić information content (AvgIpc) is 2.39. The second kappa shape index (κ2) is 5.99. The summed E-state index contributed by atoms with van der Waals surface area (Å²) in [6.07, 6.45) is 6.75. The largest absolute Gasteiger partial charge is 0.392 e. The van der Waals surface area contributed by atoms with Crippen LogP contribution in [0, 0.1) is 16.0 Å². The first-order valence-corrected chi connectivity index (χ1v) is 7.45. The van der Waals surface area contributed by atoms with Crippen molar-refractivity contribution >= 4 is 5.78 Å². The molecule has 2 aliphatic rings. The molecular weight excluding hydrogens is 246 g/mol. The minimum absolute atomic E-state index is 0.205. The number of carbonyl (C=O) groups excluding carboxylic acids is 1. The molecule has 5 nitrogen and oxygen atoms in total. The predicted molar refractivity (Wildman–Crippen MR) is 70.4 cm³/mol. The number of rotatable bonds is 1. The molecule has 3 atom stereocenters. The number of aliphatic hydroxyl groups is 1. The molecule has 0 saturated heterocycles. The fourth-order valence-electron chi connectivity index (χ4n) is 3.56. The van der Waals surface area contributed by atoms with Crippen molar-refractivity contribution in [3.05, 3.63) is 10.1 Å². The number of hydrogen-bond donors (Lipinski definition) is 1. The Hall–Kier alpha value is -0.970. The molecule has 2 rings (SSSR count). The van der Waals surface area contributed by atoms with Gasteiger partial charge in [0, 0.05) is 17.8 Å². The molecule has 0 aromatic rings. The Balaban J connectivity index is 2.25. The van der Waals surface area contributed by atoms with Crippen LogP contribution < -0.4 is 0 Å². The molecule has 0 amide bonds. The minimum Gasteiger partial charge on any atom is -0.392 e. The second-order valence-electron chi connectivity index (χ2n) is 6.03. The van der Waals surface area contributed by atoms with Crippen LogP contribution in [0.15, 0.2) is 0 Å². The van der Waals surface area contributed by atoms with E-state index in [-0.39, 0.29) is 17.1 Å². The lowest BCUT2D eigenvalue weighted by atomic mass is 9.69. The molecule has 0 aromatic heterocycles. The van der Waals surface area contributed by atoms with E-state index in [4.69, 9.17) is 0 Å². The monoisotopic (exact) mass is 269 g/mol. The molecule has 0 spiro atoms. The molecule has 2 aliphatic carbocycles. The molecule has 0 unspecified atom stereocenters. The zero-order chi connectivity index (χ0) is 13.9.